The maximum absolute atomic E-state index is 10.7. The third-order valence-corrected chi connectivity index (χ3v) is 2.31. The van der Waals surface area contributed by atoms with Crippen LogP contribution in [-0.4, -0.2) is 42.8 Å². The highest BCUT2D eigenvalue weighted by molar-refractivity contribution is 5.66. The molecule has 0 aromatic rings. The molecule has 4 atom stereocenters. The zero-order valence-electron chi connectivity index (χ0n) is 8.60. The minimum absolute atomic E-state index is 0.120. The molecule has 1 fully saturated rings. The average molecular weight is 204 g/mol. The molecule has 0 radical (unpaired) electrons. The third-order valence-electron chi connectivity index (χ3n) is 2.31. The summed E-state index contributed by atoms with van der Waals surface area (Å²) >= 11 is 0. The predicted molar refractivity (Wildman–Crippen MR) is 47.5 cm³/mol. The molecule has 0 spiro atoms. The highest BCUT2D eigenvalue weighted by Gasteiger charge is 2.38. The summed E-state index contributed by atoms with van der Waals surface area (Å²) in [7, 11) is 1.57. The molecule has 1 unspecified atom stereocenters. The van der Waals surface area contributed by atoms with E-state index >= 15 is 0 Å². The maximum atomic E-state index is 10.7. The number of hydrogen-bond acceptors (Lipinski definition) is 5. The zero-order chi connectivity index (χ0) is 10.7. The van der Waals surface area contributed by atoms with E-state index in [0.717, 1.165) is 0 Å². The van der Waals surface area contributed by atoms with E-state index in [1.807, 2.05) is 6.92 Å². The Morgan fingerprint density at radius 3 is 2.79 bits per heavy atom. The number of aliphatic hydroxyl groups excluding tert-OH is 1. The number of ether oxygens (including phenoxy) is 3. The Hall–Kier alpha value is -0.650. The maximum Gasteiger partial charge on any atom is 0.303 e. The van der Waals surface area contributed by atoms with Crippen molar-refractivity contribution in [3.05, 3.63) is 0 Å². The van der Waals surface area contributed by atoms with Crippen LogP contribution in [0.15, 0.2) is 0 Å². The minimum Gasteiger partial charge on any atom is -0.457 e. The Kier molecular flexibility index (Phi) is 3.86. The van der Waals surface area contributed by atoms with Gasteiger partial charge in [0.25, 0.3) is 0 Å². The monoisotopic (exact) mass is 204 g/mol. The lowest BCUT2D eigenvalue weighted by atomic mass is 10.1. The van der Waals surface area contributed by atoms with Crippen LogP contribution in [0.2, 0.25) is 0 Å². The SMILES string of the molecule is CO[C@H](C)[C@@H]1C[C@@H](OC(C)=O)C(O)O1. The summed E-state index contributed by atoms with van der Waals surface area (Å²) in [5, 5.41) is 9.40. The summed E-state index contributed by atoms with van der Waals surface area (Å²) in [6.07, 6.45) is -1.49. The Morgan fingerprint density at radius 1 is 1.64 bits per heavy atom. The van der Waals surface area contributed by atoms with Crippen LogP contribution in [0.1, 0.15) is 20.3 Å². The van der Waals surface area contributed by atoms with Crippen molar-refractivity contribution in [1.82, 2.24) is 0 Å². The molecule has 0 aromatic carbocycles. The topological polar surface area (TPSA) is 65.0 Å². The van der Waals surface area contributed by atoms with Gasteiger partial charge >= 0.3 is 5.97 Å². The van der Waals surface area contributed by atoms with Gasteiger partial charge in [-0.05, 0) is 6.92 Å². The van der Waals surface area contributed by atoms with Crippen molar-refractivity contribution in [2.45, 2.75) is 44.9 Å². The Morgan fingerprint density at radius 2 is 2.29 bits per heavy atom. The van der Waals surface area contributed by atoms with Gasteiger partial charge in [0.2, 0.25) is 0 Å². The fraction of sp³-hybridized carbons (Fsp3) is 0.889. The van der Waals surface area contributed by atoms with Crippen LogP contribution in [0.3, 0.4) is 0 Å². The zero-order valence-corrected chi connectivity index (χ0v) is 8.60. The van der Waals surface area contributed by atoms with Crippen LogP contribution in [0, 0.1) is 0 Å². The quantitative estimate of drug-likeness (QED) is 0.658. The molecule has 0 bridgehead atoms. The van der Waals surface area contributed by atoms with Gasteiger partial charge in [0.15, 0.2) is 12.4 Å². The largest absolute Gasteiger partial charge is 0.457 e. The van der Waals surface area contributed by atoms with Crippen molar-refractivity contribution in [2.24, 2.45) is 0 Å². The first kappa shape index (κ1) is 11.4. The van der Waals surface area contributed by atoms with E-state index in [1.165, 1.54) is 6.92 Å². The van der Waals surface area contributed by atoms with Gasteiger partial charge in [0, 0.05) is 20.5 Å². The van der Waals surface area contributed by atoms with Crippen molar-refractivity contribution in [3.8, 4) is 0 Å². The summed E-state index contributed by atoms with van der Waals surface area (Å²) in [6.45, 7) is 3.15. The Bertz CT molecular complexity index is 205. The van der Waals surface area contributed by atoms with Crippen LogP contribution < -0.4 is 0 Å². The second-order valence-electron chi connectivity index (χ2n) is 3.39. The summed E-state index contributed by atoms with van der Waals surface area (Å²) in [4.78, 5) is 10.7. The van der Waals surface area contributed by atoms with Crippen molar-refractivity contribution in [3.63, 3.8) is 0 Å². The number of rotatable bonds is 3. The average Bonchev–Trinajstić information content (AvgIpc) is 2.46. The van der Waals surface area contributed by atoms with E-state index in [0.29, 0.717) is 6.42 Å². The molecule has 0 saturated carbocycles. The van der Waals surface area contributed by atoms with Crippen LogP contribution in [0.25, 0.3) is 0 Å². The van der Waals surface area contributed by atoms with E-state index in [4.69, 9.17) is 14.2 Å². The second kappa shape index (κ2) is 4.72. The molecule has 82 valence electrons. The second-order valence-corrected chi connectivity index (χ2v) is 3.39. The first-order chi connectivity index (χ1) is 6.54. The van der Waals surface area contributed by atoms with E-state index in [2.05, 4.69) is 0 Å². The summed E-state index contributed by atoms with van der Waals surface area (Å²) in [6, 6.07) is 0. The molecule has 5 nitrogen and oxygen atoms in total. The van der Waals surface area contributed by atoms with Crippen molar-refractivity contribution in [2.75, 3.05) is 7.11 Å². The van der Waals surface area contributed by atoms with Gasteiger partial charge < -0.3 is 19.3 Å². The molecular weight excluding hydrogens is 188 g/mol. The molecule has 1 N–H and O–H groups in total. The number of carbonyl (C=O) groups is 1. The number of hydrogen-bond donors (Lipinski definition) is 1. The van der Waals surface area contributed by atoms with Gasteiger partial charge in [-0.3, -0.25) is 4.79 Å². The molecule has 1 heterocycles. The van der Waals surface area contributed by atoms with E-state index < -0.39 is 18.4 Å². The van der Waals surface area contributed by atoms with E-state index in [-0.39, 0.29) is 12.2 Å². The lowest BCUT2D eigenvalue weighted by Gasteiger charge is -2.16. The normalized spacial score (nSPS) is 34.1. The fourth-order valence-electron chi connectivity index (χ4n) is 1.44. The van der Waals surface area contributed by atoms with E-state index in [9.17, 15) is 9.90 Å². The van der Waals surface area contributed by atoms with Gasteiger partial charge in [-0.15, -0.1) is 0 Å². The van der Waals surface area contributed by atoms with Gasteiger partial charge in [-0.2, -0.15) is 0 Å². The van der Waals surface area contributed by atoms with Crippen LogP contribution in [0.5, 0.6) is 0 Å². The van der Waals surface area contributed by atoms with Gasteiger partial charge in [0.1, 0.15) is 0 Å². The standard InChI is InChI=1S/C9H16O5/c1-5(12-3)7-4-8(9(11)14-7)13-6(2)10/h5,7-9,11H,4H2,1-3H3/t5-,7+,8-,9?/m1/s1. The van der Waals surface area contributed by atoms with Gasteiger partial charge in [-0.1, -0.05) is 0 Å². The molecule has 5 heteroatoms. The van der Waals surface area contributed by atoms with Gasteiger partial charge in [0.05, 0.1) is 12.2 Å². The van der Waals surface area contributed by atoms with Crippen LogP contribution >= 0.6 is 0 Å². The molecule has 1 aliphatic heterocycles. The van der Waals surface area contributed by atoms with E-state index in [1.54, 1.807) is 7.11 Å². The number of methoxy groups -OCH3 is 1. The molecule has 1 saturated heterocycles. The lowest BCUT2D eigenvalue weighted by Crippen LogP contribution is -2.25. The highest BCUT2D eigenvalue weighted by Crippen LogP contribution is 2.24. The molecule has 14 heavy (non-hydrogen) atoms. The Balaban J connectivity index is 2.46. The van der Waals surface area contributed by atoms with Crippen molar-refractivity contribution < 1.29 is 24.1 Å². The first-order valence-electron chi connectivity index (χ1n) is 4.58. The third kappa shape index (κ3) is 2.67. The number of aliphatic hydroxyl groups is 1. The minimum atomic E-state index is -1.04. The molecular formula is C9H16O5. The predicted octanol–water partition coefficient (Wildman–Crippen LogP) is 0.0603. The molecule has 1 rings (SSSR count). The number of carbonyl (C=O) groups excluding carboxylic acids is 1. The van der Waals surface area contributed by atoms with Gasteiger partial charge in [-0.25, -0.2) is 0 Å². The molecule has 0 aromatic heterocycles. The summed E-state index contributed by atoms with van der Waals surface area (Å²) in [5.74, 6) is -0.414. The first-order valence-corrected chi connectivity index (χ1v) is 4.58. The lowest BCUT2D eigenvalue weighted by molar-refractivity contribution is -0.172. The summed E-state index contributed by atoms with van der Waals surface area (Å²) < 4.78 is 15.1. The highest BCUT2D eigenvalue weighted by atomic mass is 16.7. The fourth-order valence-corrected chi connectivity index (χ4v) is 1.44. The van der Waals surface area contributed by atoms with Crippen molar-refractivity contribution >= 4 is 5.97 Å². The Labute approximate surface area is 82.9 Å². The van der Waals surface area contributed by atoms with Crippen LogP contribution in [-0.2, 0) is 19.0 Å². The van der Waals surface area contributed by atoms with Crippen molar-refractivity contribution in [1.29, 1.82) is 0 Å². The summed E-state index contributed by atoms with van der Waals surface area (Å²) in [5.41, 5.74) is 0. The molecule has 1 aliphatic rings. The number of esters is 1. The molecule has 0 amide bonds. The smallest absolute Gasteiger partial charge is 0.303 e. The van der Waals surface area contributed by atoms with Crippen LogP contribution in [0.4, 0.5) is 0 Å². The molecule has 0 aliphatic carbocycles.